The van der Waals surface area contributed by atoms with Gasteiger partial charge in [-0.25, -0.2) is 0 Å². The molecule has 0 radical (unpaired) electrons. The number of nitrogens with one attached hydrogen (secondary N) is 2. The van der Waals surface area contributed by atoms with E-state index in [1.165, 1.54) is 0 Å². The van der Waals surface area contributed by atoms with Crippen LogP contribution in [0.2, 0.25) is 0 Å². The molecular formula is C12H23N3O2. The average molecular weight is 241 g/mol. The van der Waals surface area contributed by atoms with E-state index in [1.807, 2.05) is 6.92 Å². The largest absolute Gasteiger partial charge is 0.377 e. The molecule has 2 rings (SSSR count). The number of carbonyl (C=O) groups is 1. The molecule has 0 aromatic carbocycles. The van der Waals surface area contributed by atoms with E-state index in [-0.39, 0.29) is 18.1 Å². The summed E-state index contributed by atoms with van der Waals surface area (Å²) in [7, 11) is 0. The van der Waals surface area contributed by atoms with E-state index in [9.17, 15) is 4.79 Å². The molecule has 2 aliphatic heterocycles. The van der Waals surface area contributed by atoms with Gasteiger partial charge in [-0.1, -0.05) is 0 Å². The Balaban J connectivity index is 2.03. The predicted molar refractivity (Wildman–Crippen MR) is 65.9 cm³/mol. The van der Waals surface area contributed by atoms with E-state index in [1.54, 1.807) is 0 Å². The van der Waals surface area contributed by atoms with Crippen LogP contribution in [-0.4, -0.2) is 61.8 Å². The first kappa shape index (κ1) is 12.8. The minimum atomic E-state index is -0.0437. The van der Waals surface area contributed by atoms with Crippen LogP contribution in [0.4, 0.5) is 0 Å². The summed E-state index contributed by atoms with van der Waals surface area (Å²) >= 11 is 0. The Kier molecular flexibility index (Phi) is 4.36. The van der Waals surface area contributed by atoms with Gasteiger partial charge in [0.2, 0.25) is 5.91 Å². The Labute approximate surface area is 103 Å². The summed E-state index contributed by atoms with van der Waals surface area (Å²) in [4.78, 5) is 14.4. The summed E-state index contributed by atoms with van der Waals surface area (Å²) < 4.78 is 5.61. The molecular weight excluding hydrogens is 218 g/mol. The number of likely N-dealkylation sites (N-methyl/N-ethyl adjacent to an activating group) is 1. The molecule has 2 aliphatic rings. The number of ether oxygens (including phenoxy) is 1. The van der Waals surface area contributed by atoms with E-state index >= 15 is 0 Å². The normalized spacial score (nSPS) is 34.8. The fraction of sp³-hybridized carbons (Fsp3) is 0.917. The van der Waals surface area contributed by atoms with Crippen molar-refractivity contribution in [1.29, 1.82) is 0 Å². The van der Waals surface area contributed by atoms with Gasteiger partial charge in [-0.2, -0.15) is 0 Å². The molecule has 5 nitrogen and oxygen atoms in total. The molecule has 2 saturated heterocycles. The first-order chi connectivity index (χ1) is 8.24. The van der Waals surface area contributed by atoms with Gasteiger partial charge >= 0.3 is 0 Å². The van der Waals surface area contributed by atoms with Gasteiger partial charge in [0.1, 0.15) is 6.04 Å². The van der Waals surface area contributed by atoms with E-state index < -0.39 is 0 Å². The number of amides is 1. The minimum absolute atomic E-state index is 0.0437. The van der Waals surface area contributed by atoms with Crippen LogP contribution < -0.4 is 10.6 Å². The summed E-state index contributed by atoms with van der Waals surface area (Å²) in [6, 6.07) is 0.350. The first-order valence-corrected chi connectivity index (χ1v) is 6.59. The molecule has 0 aromatic rings. The van der Waals surface area contributed by atoms with Crippen molar-refractivity contribution in [3.05, 3.63) is 0 Å². The summed E-state index contributed by atoms with van der Waals surface area (Å²) in [5.41, 5.74) is 0. The number of hydrogen-bond donors (Lipinski definition) is 2. The number of carbonyl (C=O) groups excluding carboxylic acids is 1. The number of rotatable bonds is 3. The van der Waals surface area contributed by atoms with Crippen molar-refractivity contribution in [2.75, 3.05) is 32.8 Å². The Hall–Kier alpha value is -0.650. The zero-order valence-electron chi connectivity index (χ0n) is 10.7. The zero-order valence-corrected chi connectivity index (χ0v) is 10.7. The fourth-order valence-corrected chi connectivity index (χ4v) is 2.81. The lowest BCUT2D eigenvalue weighted by molar-refractivity contribution is -0.128. The molecule has 2 heterocycles. The van der Waals surface area contributed by atoms with Gasteiger partial charge < -0.3 is 15.4 Å². The van der Waals surface area contributed by atoms with Crippen molar-refractivity contribution in [2.24, 2.45) is 0 Å². The van der Waals surface area contributed by atoms with Gasteiger partial charge in [-0.05, 0) is 20.3 Å². The van der Waals surface area contributed by atoms with Crippen molar-refractivity contribution in [1.82, 2.24) is 15.5 Å². The molecule has 0 aliphatic carbocycles. The number of piperazine rings is 1. The first-order valence-electron chi connectivity index (χ1n) is 6.59. The Morgan fingerprint density at radius 1 is 1.59 bits per heavy atom. The SMILES string of the molecule is CCNC(=O)C1CNCCN1C1CCOC1C. The quantitative estimate of drug-likeness (QED) is 0.704. The van der Waals surface area contributed by atoms with Gasteiger partial charge in [-0.15, -0.1) is 0 Å². The van der Waals surface area contributed by atoms with E-state index in [0.29, 0.717) is 12.6 Å². The monoisotopic (exact) mass is 241 g/mol. The maximum atomic E-state index is 12.0. The third-order valence-corrected chi connectivity index (χ3v) is 3.70. The zero-order chi connectivity index (χ0) is 12.3. The van der Waals surface area contributed by atoms with Crippen molar-refractivity contribution in [2.45, 2.75) is 38.5 Å². The van der Waals surface area contributed by atoms with Gasteiger partial charge in [0.15, 0.2) is 0 Å². The highest BCUT2D eigenvalue weighted by Gasteiger charge is 2.38. The molecule has 98 valence electrons. The van der Waals surface area contributed by atoms with E-state index in [2.05, 4.69) is 22.5 Å². The Morgan fingerprint density at radius 3 is 3.06 bits per heavy atom. The van der Waals surface area contributed by atoms with Crippen LogP contribution in [0.3, 0.4) is 0 Å². The predicted octanol–water partition coefficient (Wildman–Crippen LogP) is -0.426. The molecule has 3 unspecified atom stereocenters. The molecule has 0 saturated carbocycles. The second kappa shape index (κ2) is 5.80. The van der Waals surface area contributed by atoms with Gasteiger partial charge in [0.05, 0.1) is 6.10 Å². The highest BCUT2D eigenvalue weighted by molar-refractivity contribution is 5.82. The third kappa shape index (κ3) is 2.78. The van der Waals surface area contributed by atoms with Crippen LogP contribution in [0, 0.1) is 0 Å². The fourth-order valence-electron chi connectivity index (χ4n) is 2.81. The number of hydrogen-bond acceptors (Lipinski definition) is 4. The van der Waals surface area contributed by atoms with Crippen molar-refractivity contribution >= 4 is 5.91 Å². The van der Waals surface area contributed by atoms with Crippen LogP contribution >= 0.6 is 0 Å². The molecule has 0 aromatic heterocycles. The second-order valence-corrected chi connectivity index (χ2v) is 4.78. The summed E-state index contributed by atoms with van der Waals surface area (Å²) in [5, 5.41) is 6.22. The van der Waals surface area contributed by atoms with Crippen LogP contribution in [0.1, 0.15) is 20.3 Å². The standard InChI is InChI=1S/C12H23N3O2/c1-3-14-12(16)11-8-13-5-6-15(11)10-4-7-17-9(10)2/h9-11,13H,3-8H2,1-2H3,(H,14,16). The van der Waals surface area contributed by atoms with Crippen LogP contribution in [-0.2, 0) is 9.53 Å². The smallest absolute Gasteiger partial charge is 0.238 e. The van der Waals surface area contributed by atoms with Crippen molar-refractivity contribution < 1.29 is 9.53 Å². The molecule has 3 atom stereocenters. The molecule has 1 amide bonds. The van der Waals surface area contributed by atoms with Crippen LogP contribution in [0.15, 0.2) is 0 Å². The Morgan fingerprint density at radius 2 is 2.41 bits per heavy atom. The Bertz CT molecular complexity index is 272. The van der Waals surface area contributed by atoms with Gasteiger partial charge in [0, 0.05) is 38.8 Å². The lowest BCUT2D eigenvalue weighted by atomic mass is 10.0. The molecule has 0 spiro atoms. The van der Waals surface area contributed by atoms with E-state index in [4.69, 9.17) is 4.74 Å². The van der Waals surface area contributed by atoms with Crippen molar-refractivity contribution in [3.63, 3.8) is 0 Å². The second-order valence-electron chi connectivity index (χ2n) is 4.78. The highest BCUT2D eigenvalue weighted by Crippen LogP contribution is 2.22. The van der Waals surface area contributed by atoms with E-state index in [0.717, 1.165) is 32.7 Å². The third-order valence-electron chi connectivity index (χ3n) is 3.70. The number of nitrogens with zero attached hydrogens (tertiary/aromatic N) is 1. The maximum absolute atomic E-state index is 12.0. The molecule has 2 N–H and O–H groups in total. The average Bonchev–Trinajstić information content (AvgIpc) is 2.76. The summed E-state index contributed by atoms with van der Waals surface area (Å²) in [6.45, 7) is 8.21. The molecule has 0 bridgehead atoms. The van der Waals surface area contributed by atoms with Crippen LogP contribution in [0.5, 0.6) is 0 Å². The molecule has 2 fully saturated rings. The maximum Gasteiger partial charge on any atom is 0.238 e. The highest BCUT2D eigenvalue weighted by atomic mass is 16.5. The summed E-state index contributed by atoms with van der Waals surface area (Å²) in [5.74, 6) is 0.138. The minimum Gasteiger partial charge on any atom is -0.377 e. The lowest BCUT2D eigenvalue weighted by Gasteiger charge is -2.40. The van der Waals surface area contributed by atoms with Crippen molar-refractivity contribution in [3.8, 4) is 0 Å². The van der Waals surface area contributed by atoms with Gasteiger partial charge in [-0.3, -0.25) is 9.69 Å². The topological polar surface area (TPSA) is 53.6 Å². The summed E-state index contributed by atoms with van der Waals surface area (Å²) in [6.07, 6.45) is 1.28. The molecule has 17 heavy (non-hydrogen) atoms. The van der Waals surface area contributed by atoms with Crippen LogP contribution in [0.25, 0.3) is 0 Å². The lowest BCUT2D eigenvalue weighted by Crippen LogP contribution is -2.61. The molecule has 5 heteroatoms. The van der Waals surface area contributed by atoms with Gasteiger partial charge in [0.25, 0.3) is 0 Å².